The van der Waals surface area contributed by atoms with Gasteiger partial charge in [-0.1, -0.05) is 12.1 Å². The first-order valence-electron chi connectivity index (χ1n) is 4.84. The zero-order valence-electron chi connectivity index (χ0n) is 8.32. The molecule has 1 heterocycles. The van der Waals surface area contributed by atoms with Crippen molar-refractivity contribution in [1.82, 2.24) is 0 Å². The van der Waals surface area contributed by atoms with Gasteiger partial charge in [0.25, 0.3) is 0 Å². The molecule has 0 spiro atoms. The third kappa shape index (κ3) is 1.89. The lowest BCUT2D eigenvalue weighted by Crippen LogP contribution is -2.20. The van der Waals surface area contributed by atoms with Crippen molar-refractivity contribution < 1.29 is 9.47 Å². The summed E-state index contributed by atoms with van der Waals surface area (Å²) in [6, 6.07) is 6.23. The highest BCUT2D eigenvalue weighted by Crippen LogP contribution is 2.27. The second kappa shape index (κ2) is 3.98. The van der Waals surface area contributed by atoms with Crippen molar-refractivity contribution in [2.45, 2.75) is 26.0 Å². The van der Waals surface area contributed by atoms with Crippen LogP contribution in [-0.2, 0) is 17.8 Å². The molecule has 0 aliphatic carbocycles. The lowest BCUT2D eigenvalue weighted by atomic mass is 10.0. The molecule has 14 heavy (non-hydrogen) atoms. The lowest BCUT2D eigenvalue weighted by molar-refractivity contribution is -0.0168. The fourth-order valence-corrected chi connectivity index (χ4v) is 1.70. The van der Waals surface area contributed by atoms with Gasteiger partial charge in [-0.3, -0.25) is 0 Å². The Morgan fingerprint density at radius 3 is 3.14 bits per heavy atom. The van der Waals surface area contributed by atoms with Crippen LogP contribution >= 0.6 is 0 Å². The summed E-state index contributed by atoms with van der Waals surface area (Å²) >= 11 is 0. The van der Waals surface area contributed by atoms with Gasteiger partial charge in [-0.25, -0.2) is 0 Å². The van der Waals surface area contributed by atoms with E-state index in [9.17, 15) is 0 Å². The molecular weight excluding hydrogens is 178 g/mol. The Labute approximate surface area is 83.8 Å². The fraction of sp³-hybridized carbons (Fsp3) is 0.455. The van der Waals surface area contributed by atoms with Gasteiger partial charge in [-0.05, 0) is 25.0 Å². The number of fused-ring (bicyclic) bond motifs is 1. The van der Waals surface area contributed by atoms with E-state index in [1.807, 2.05) is 19.1 Å². The molecule has 0 saturated heterocycles. The molecular formula is C11H15NO2. The first-order valence-corrected chi connectivity index (χ1v) is 4.84. The Balaban J connectivity index is 2.30. The highest BCUT2D eigenvalue weighted by molar-refractivity contribution is 5.40. The van der Waals surface area contributed by atoms with Crippen molar-refractivity contribution in [3.63, 3.8) is 0 Å². The second-order valence-corrected chi connectivity index (χ2v) is 3.69. The molecule has 1 atom stereocenters. The standard InChI is InChI=1S/C11H15NO2/c1-8(12)5-9-3-2-4-11-10(9)6-13-7-14-11/h2-4,8H,5-7,12H2,1H3. The molecule has 2 N–H and O–H groups in total. The highest BCUT2D eigenvalue weighted by atomic mass is 16.7. The highest BCUT2D eigenvalue weighted by Gasteiger charge is 2.14. The molecule has 1 aromatic rings. The van der Waals surface area contributed by atoms with Crippen LogP contribution in [-0.4, -0.2) is 12.8 Å². The molecule has 76 valence electrons. The van der Waals surface area contributed by atoms with Gasteiger partial charge in [0.1, 0.15) is 5.75 Å². The molecule has 0 aromatic heterocycles. The van der Waals surface area contributed by atoms with E-state index in [-0.39, 0.29) is 6.04 Å². The zero-order chi connectivity index (χ0) is 9.97. The topological polar surface area (TPSA) is 44.5 Å². The summed E-state index contributed by atoms with van der Waals surface area (Å²) in [6.45, 7) is 3.00. The average Bonchev–Trinajstić information content (AvgIpc) is 2.18. The summed E-state index contributed by atoms with van der Waals surface area (Å²) in [6.07, 6.45) is 0.871. The molecule has 1 aliphatic rings. The van der Waals surface area contributed by atoms with Crippen molar-refractivity contribution in [1.29, 1.82) is 0 Å². The van der Waals surface area contributed by atoms with Crippen LogP contribution in [0.5, 0.6) is 5.75 Å². The third-order valence-electron chi connectivity index (χ3n) is 2.32. The lowest BCUT2D eigenvalue weighted by Gasteiger charge is -2.21. The number of hydrogen-bond acceptors (Lipinski definition) is 3. The first-order chi connectivity index (χ1) is 6.77. The molecule has 1 unspecified atom stereocenters. The predicted molar refractivity (Wildman–Crippen MR) is 54.1 cm³/mol. The molecule has 1 aliphatic heterocycles. The molecule has 0 saturated carbocycles. The van der Waals surface area contributed by atoms with Gasteiger partial charge in [-0.2, -0.15) is 0 Å². The monoisotopic (exact) mass is 193 g/mol. The zero-order valence-corrected chi connectivity index (χ0v) is 8.32. The van der Waals surface area contributed by atoms with Crippen LogP contribution in [0.25, 0.3) is 0 Å². The van der Waals surface area contributed by atoms with Gasteiger partial charge in [0.05, 0.1) is 6.61 Å². The molecule has 1 aromatic carbocycles. The maximum absolute atomic E-state index is 5.78. The van der Waals surface area contributed by atoms with E-state index in [1.54, 1.807) is 0 Å². The second-order valence-electron chi connectivity index (χ2n) is 3.69. The number of nitrogens with two attached hydrogens (primary N) is 1. The van der Waals surface area contributed by atoms with Crippen LogP contribution in [0.15, 0.2) is 18.2 Å². The van der Waals surface area contributed by atoms with Crippen molar-refractivity contribution in [2.75, 3.05) is 6.79 Å². The van der Waals surface area contributed by atoms with E-state index >= 15 is 0 Å². The minimum atomic E-state index is 0.170. The smallest absolute Gasteiger partial charge is 0.189 e. The van der Waals surface area contributed by atoms with Crippen LogP contribution in [0, 0.1) is 0 Å². The van der Waals surface area contributed by atoms with Gasteiger partial charge in [0.2, 0.25) is 0 Å². The van der Waals surface area contributed by atoms with Gasteiger partial charge in [0.15, 0.2) is 6.79 Å². The number of benzene rings is 1. The quantitative estimate of drug-likeness (QED) is 0.773. The van der Waals surface area contributed by atoms with Crippen molar-refractivity contribution in [3.05, 3.63) is 29.3 Å². The Kier molecular flexibility index (Phi) is 2.70. The van der Waals surface area contributed by atoms with E-state index in [1.165, 1.54) is 5.56 Å². The fourth-order valence-electron chi connectivity index (χ4n) is 1.70. The minimum Gasteiger partial charge on any atom is -0.467 e. The van der Waals surface area contributed by atoms with Crippen molar-refractivity contribution >= 4 is 0 Å². The number of ether oxygens (including phenoxy) is 2. The Morgan fingerprint density at radius 2 is 2.36 bits per heavy atom. The molecule has 3 nitrogen and oxygen atoms in total. The summed E-state index contributed by atoms with van der Waals surface area (Å²) in [5.41, 5.74) is 8.16. The predicted octanol–water partition coefficient (Wildman–Crippen LogP) is 1.44. The Hall–Kier alpha value is -1.06. The summed E-state index contributed by atoms with van der Waals surface area (Å²) < 4.78 is 10.6. The number of hydrogen-bond donors (Lipinski definition) is 1. The molecule has 3 heteroatoms. The Bertz CT molecular complexity index is 323. The Morgan fingerprint density at radius 1 is 1.50 bits per heavy atom. The molecule has 2 rings (SSSR count). The van der Waals surface area contributed by atoms with Gasteiger partial charge in [-0.15, -0.1) is 0 Å². The van der Waals surface area contributed by atoms with E-state index in [0.717, 1.165) is 17.7 Å². The maximum Gasteiger partial charge on any atom is 0.189 e. The van der Waals surface area contributed by atoms with Crippen LogP contribution in [0.2, 0.25) is 0 Å². The normalized spacial score (nSPS) is 17.0. The third-order valence-corrected chi connectivity index (χ3v) is 2.32. The molecule has 0 radical (unpaired) electrons. The first kappa shape index (κ1) is 9.49. The summed E-state index contributed by atoms with van der Waals surface area (Å²) in [5.74, 6) is 0.939. The summed E-state index contributed by atoms with van der Waals surface area (Å²) in [4.78, 5) is 0. The molecule has 0 bridgehead atoms. The van der Waals surface area contributed by atoms with E-state index in [0.29, 0.717) is 13.4 Å². The van der Waals surface area contributed by atoms with Gasteiger partial charge < -0.3 is 15.2 Å². The van der Waals surface area contributed by atoms with Crippen molar-refractivity contribution in [3.8, 4) is 5.75 Å². The van der Waals surface area contributed by atoms with Gasteiger partial charge >= 0.3 is 0 Å². The minimum absolute atomic E-state index is 0.170. The van der Waals surface area contributed by atoms with E-state index in [4.69, 9.17) is 15.2 Å². The molecule has 0 fully saturated rings. The van der Waals surface area contributed by atoms with Gasteiger partial charge in [0, 0.05) is 11.6 Å². The number of rotatable bonds is 2. The maximum atomic E-state index is 5.78. The SMILES string of the molecule is CC(N)Cc1cccc2c1COCO2. The van der Waals surface area contributed by atoms with Crippen LogP contribution in [0.4, 0.5) is 0 Å². The van der Waals surface area contributed by atoms with E-state index < -0.39 is 0 Å². The molecule has 0 amide bonds. The average molecular weight is 193 g/mol. The van der Waals surface area contributed by atoms with Crippen molar-refractivity contribution in [2.24, 2.45) is 5.73 Å². The van der Waals surface area contributed by atoms with Crippen LogP contribution in [0.1, 0.15) is 18.1 Å². The summed E-state index contributed by atoms with van der Waals surface area (Å²) in [7, 11) is 0. The van der Waals surface area contributed by atoms with E-state index in [2.05, 4.69) is 6.07 Å². The van der Waals surface area contributed by atoms with Crippen LogP contribution in [0.3, 0.4) is 0 Å². The summed E-state index contributed by atoms with van der Waals surface area (Å²) in [5, 5.41) is 0. The van der Waals surface area contributed by atoms with Crippen LogP contribution < -0.4 is 10.5 Å². The largest absolute Gasteiger partial charge is 0.467 e.